The largest absolute Gasteiger partial charge is 0.433 e. The number of anilines is 1. The Hall–Kier alpha value is -2.46. The van der Waals surface area contributed by atoms with Crippen LogP contribution in [0.4, 0.5) is 18.9 Å². The standard InChI is InChI=1S/C21H24F3N3O3S/c1-12-8-14(4-6-17(12)26-11-31(29)30)13(2)27-19(28)16-9-20(16,3)15-5-7-18(25-10-15)21(22,23)24/h4-8,10,13,16,26H,9,11H2,1-3H3,(H,27,28)(H,29,30)/t13-,16?,20?/m1/s1. The van der Waals surface area contributed by atoms with E-state index >= 15 is 0 Å². The molecular weight excluding hydrogens is 431 g/mol. The summed E-state index contributed by atoms with van der Waals surface area (Å²) in [6.45, 7) is 5.56. The van der Waals surface area contributed by atoms with Gasteiger partial charge in [0.2, 0.25) is 5.91 Å². The Bertz CT molecular complexity index is 998. The molecule has 1 aliphatic rings. The topological polar surface area (TPSA) is 91.3 Å². The molecule has 2 aromatic rings. The number of halogens is 3. The number of pyridine rings is 1. The molecule has 6 nitrogen and oxygen atoms in total. The van der Waals surface area contributed by atoms with Crippen molar-refractivity contribution in [3.05, 3.63) is 58.9 Å². The number of aryl methyl sites for hydroxylation is 1. The van der Waals surface area contributed by atoms with Crippen LogP contribution in [0.25, 0.3) is 0 Å². The second-order valence-corrected chi connectivity index (χ2v) is 8.98. The molecule has 1 heterocycles. The van der Waals surface area contributed by atoms with Crippen LogP contribution in [0.3, 0.4) is 0 Å². The lowest BCUT2D eigenvalue weighted by atomic mass is 9.96. The predicted molar refractivity (Wildman–Crippen MR) is 112 cm³/mol. The molecule has 1 amide bonds. The highest BCUT2D eigenvalue weighted by atomic mass is 32.2. The van der Waals surface area contributed by atoms with Gasteiger partial charge in [-0.25, -0.2) is 4.21 Å². The molecule has 3 N–H and O–H groups in total. The molecule has 168 valence electrons. The fraction of sp³-hybridized carbons (Fsp3) is 0.429. The van der Waals surface area contributed by atoms with Crippen LogP contribution >= 0.6 is 0 Å². The molecule has 0 bridgehead atoms. The van der Waals surface area contributed by atoms with E-state index in [0.717, 1.165) is 22.9 Å². The molecule has 0 radical (unpaired) electrons. The number of aromatic nitrogens is 1. The summed E-state index contributed by atoms with van der Waals surface area (Å²) in [6, 6.07) is 7.56. The summed E-state index contributed by atoms with van der Waals surface area (Å²) >= 11 is -1.95. The van der Waals surface area contributed by atoms with E-state index in [2.05, 4.69) is 15.6 Å². The van der Waals surface area contributed by atoms with Crippen LogP contribution in [-0.2, 0) is 27.5 Å². The number of hydrogen-bond donors (Lipinski definition) is 3. The fourth-order valence-electron chi connectivity index (χ4n) is 3.66. The van der Waals surface area contributed by atoms with Gasteiger partial charge < -0.3 is 15.2 Å². The second-order valence-electron chi connectivity index (χ2n) is 8.05. The van der Waals surface area contributed by atoms with Crippen molar-refractivity contribution < 1.29 is 26.7 Å². The minimum absolute atomic E-state index is 0.0778. The molecule has 1 aliphatic carbocycles. The minimum Gasteiger partial charge on any atom is -0.371 e. The van der Waals surface area contributed by atoms with Crippen LogP contribution < -0.4 is 10.6 Å². The Balaban J connectivity index is 1.63. The SMILES string of the molecule is Cc1cc([C@@H](C)NC(=O)C2CC2(C)c2ccc(C(F)(F)F)nc2)ccc1NCS(=O)O. The van der Waals surface area contributed by atoms with Crippen molar-refractivity contribution in [3.63, 3.8) is 0 Å². The van der Waals surface area contributed by atoms with E-state index in [0.29, 0.717) is 12.0 Å². The lowest BCUT2D eigenvalue weighted by Gasteiger charge is -2.18. The fourth-order valence-corrected chi connectivity index (χ4v) is 3.94. The molecule has 1 aromatic carbocycles. The molecule has 0 spiro atoms. The highest BCUT2D eigenvalue weighted by molar-refractivity contribution is 7.79. The van der Waals surface area contributed by atoms with Crippen molar-refractivity contribution >= 4 is 22.7 Å². The van der Waals surface area contributed by atoms with E-state index < -0.39 is 28.4 Å². The van der Waals surface area contributed by atoms with Gasteiger partial charge in [0.05, 0.1) is 6.04 Å². The van der Waals surface area contributed by atoms with Crippen LogP contribution in [0.1, 0.15) is 48.7 Å². The third-order valence-corrected chi connectivity index (χ3v) is 6.15. The Labute approximate surface area is 180 Å². The normalized spacial score (nSPS) is 22.5. The Morgan fingerprint density at radius 2 is 2.06 bits per heavy atom. The van der Waals surface area contributed by atoms with Crippen molar-refractivity contribution in [1.29, 1.82) is 0 Å². The molecule has 0 saturated heterocycles. The summed E-state index contributed by atoms with van der Waals surface area (Å²) in [5.41, 5.74) is 1.60. The van der Waals surface area contributed by atoms with Gasteiger partial charge in [-0.3, -0.25) is 9.78 Å². The maximum absolute atomic E-state index is 12.7. The summed E-state index contributed by atoms with van der Waals surface area (Å²) in [4.78, 5) is 16.3. The van der Waals surface area contributed by atoms with Gasteiger partial charge in [0, 0.05) is 23.2 Å². The molecule has 3 unspecified atom stereocenters. The average molecular weight is 456 g/mol. The first kappa shape index (κ1) is 23.2. The number of carbonyl (C=O) groups is 1. The van der Waals surface area contributed by atoms with Gasteiger partial charge in [0.25, 0.3) is 0 Å². The highest BCUT2D eigenvalue weighted by Crippen LogP contribution is 2.54. The van der Waals surface area contributed by atoms with Crippen LogP contribution in [-0.4, -0.2) is 25.5 Å². The van der Waals surface area contributed by atoms with Gasteiger partial charge in [-0.05, 0) is 49.1 Å². The molecule has 10 heteroatoms. The minimum atomic E-state index is -4.49. The molecule has 1 aromatic heterocycles. The van der Waals surface area contributed by atoms with E-state index in [1.807, 2.05) is 32.9 Å². The second kappa shape index (κ2) is 8.58. The summed E-state index contributed by atoms with van der Waals surface area (Å²) in [7, 11) is 0. The first-order valence-corrected chi connectivity index (χ1v) is 11.0. The Kier molecular flexibility index (Phi) is 6.43. The predicted octanol–water partition coefficient (Wildman–Crippen LogP) is 4.15. The Morgan fingerprint density at radius 3 is 2.61 bits per heavy atom. The first-order chi connectivity index (χ1) is 14.4. The van der Waals surface area contributed by atoms with E-state index in [1.165, 1.54) is 12.3 Å². The summed E-state index contributed by atoms with van der Waals surface area (Å²) in [5, 5.41) is 5.84. The third-order valence-electron chi connectivity index (χ3n) is 5.76. The van der Waals surface area contributed by atoms with Crippen LogP contribution in [0.2, 0.25) is 0 Å². The number of rotatable bonds is 7. The van der Waals surface area contributed by atoms with E-state index in [4.69, 9.17) is 4.55 Å². The lowest BCUT2D eigenvalue weighted by Crippen LogP contribution is -2.30. The molecule has 31 heavy (non-hydrogen) atoms. The Morgan fingerprint density at radius 1 is 1.35 bits per heavy atom. The number of alkyl halides is 3. The number of benzene rings is 1. The monoisotopic (exact) mass is 455 g/mol. The van der Waals surface area contributed by atoms with Crippen molar-refractivity contribution in [2.45, 2.75) is 44.8 Å². The summed E-state index contributed by atoms with van der Waals surface area (Å²) in [5.74, 6) is -0.577. The number of hydrogen-bond acceptors (Lipinski definition) is 4. The smallest absolute Gasteiger partial charge is 0.371 e. The van der Waals surface area contributed by atoms with Gasteiger partial charge >= 0.3 is 6.18 Å². The molecule has 4 atom stereocenters. The zero-order chi connectivity index (χ0) is 23.0. The molecule has 3 rings (SSSR count). The molecular formula is C21H24F3N3O3S. The summed E-state index contributed by atoms with van der Waals surface area (Å²) in [6.07, 6.45) is -2.75. The maximum Gasteiger partial charge on any atom is 0.433 e. The highest BCUT2D eigenvalue weighted by Gasteiger charge is 2.56. The average Bonchev–Trinajstić information content (AvgIpc) is 3.39. The van der Waals surface area contributed by atoms with Gasteiger partial charge in [-0.15, -0.1) is 0 Å². The quantitative estimate of drug-likeness (QED) is 0.546. The summed E-state index contributed by atoms with van der Waals surface area (Å²) < 4.78 is 57.9. The van der Waals surface area contributed by atoms with Crippen LogP contribution in [0.15, 0.2) is 36.5 Å². The van der Waals surface area contributed by atoms with Gasteiger partial charge in [-0.2, -0.15) is 13.2 Å². The van der Waals surface area contributed by atoms with E-state index in [-0.39, 0.29) is 23.7 Å². The van der Waals surface area contributed by atoms with Gasteiger partial charge in [0.15, 0.2) is 11.1 Å². The van der Waals surface area contributed by atoms with Crippen molar-refractivity contribution in [2.75, 3.05) is 11.2 Å². The lowest BCUT2D eigenvalue weighted by molar-refractivity contribution is -0.141. The molecule has 0 aliphatic heterocycles. The van der Waals surface area contributed by atoms with Gasteiger partial charge in [-0.1, -0.05) is 25.1 Å². The van der Waals surface area contributed by atoms with Crippen LogP contribution in [0.5, 0.6) is 0 Å². The number of carbonyl (C=O) groups excluding carboxylic acids is 1. The molecule has 1 fully saturated rings. The van der Waals surface area contributed by atoms with Crippen LogP contribution in [0, 0.1) is 12.8 Å². The van der Waals surface area contributed by atoms with Gasteiger partial charge in [0.1, 0.15) is 11.6 Å². The van der Waals surface area contributed by atoms with E-state index in [1.54, 1.807) is 6.07 Å². The van der Waals surface area contributed by atoms with Crippen molar-refractivity contribution in [1.82, 2.24) is 10.3 Å². The molecule has 1 saturated carbocycles. The maximum atomic E-state index is 12.7. The third kappa shape index (κ3) is 5.24. The van der Waals surface area contributed by atoms with Crippen molar-refractivity contribution in [2.24, 2.45) is 5.92 Å². The zero-order valence-electron chi connectivity index (χ0n) is 17.3. The number of nitrogens with one attached hydrogen (secondary N) is 2. The zero-order valence-corrected chi connectivity index (χ0v) is 18.1. The van der Waals surface area contributed by atoms with Crippen molar-refractivity contribution in [3.8, 4) is 0 Å². The number of nitrogens with zero attached hydrogens (tertiary/aromatic N) is 1. The first-order valence-electron chi connectivity index (χ1n) is 9.68. The van der Waals surface area contributed by atoms with E-state index in [9.17, 15) is 22.2 Å². The number of amides is 1.